The summed E-state index contributed by atoms with van der Waals surface area (Å²) in [6.07, 6.45) is 7.55. The maximum atomic E-state index is 12.8. The summed E-state index contributed by atoms with van der Waals surface area (Å²) < 4.78 is 7.53. The van der Waals surface area contributed by atoms with Gasteiger partial charge in [0, 0.05) is 70.0 Å². The number of rotatable bonds is 5. The van der Waals surface area contributed by atoms with Gasteiger partial charge in [-0.05, 0) is 49.1 Å². The Morgan fingerprint density at radius 1 is 1.00 bits per heavy atom. The monoisotopic (exact) mass is 420 g/mol. The molecule has 31 heavy (non-hydrogen) atoms. The second-order valence-corrected chi connectivity index (χ2v) is 8.19. The molecule has 8 heteroatoms. The molecule has 8 nitrogen and oxygen atoms in total. The summed E-state index contributed by atoms with van der Waals surface area (Å²) >= 11 is 0. The van der Waals surface area contributed by atoms with Gasteiger partial charge in [-0.2, -0.15) is 0 Å². The zero-order chi connectivity index (χ0) is 21.0. The lowest BCUT2D eigenvalue weighted by Gasteiger charge is -2.35. The Bertz CT molecular complexity index is 1020. The van der Waals surface area contributed by atoms with Crippen LogP contribution < -0.4 is 15.1 Å². The summed E-state index contributed by atoms with van der Waals surface area (Å²) in [5.41, 5.74) is 1.78. The van der Waals surface area contributed by atoms with Gasteiger partial charge in [-0.15, -0.1) is 0 Å². The van der Waals surface area contributed by atoms with Crippen molar-refractivity contribution < 1.29 is 9.53 Å². The first-order valence-corrected chi connectivity index (χ1v) is 11.0. The number of carbonyl (C=O) groups is 1. The summed E-state index contributed by atoms with van der Waals surface area (Å²) in [7, 11) is 0. The average Bonchev–Trinajstić information content (AvgIpc) is 3.27. The number of ether oxygens (including phenoxy) is 1. The van der Waals surface area contributed by atoms with Gasteiger partial charge in [0.2, 0.25) is 5.95 Å². The number of nitrogens with one attached hydrogen (secondary N) is 1. The van der Waals surface area contributed by atoms with Gasteiger partial charge in [-0.25, -0.2) is 9.97 Å². The summed E-state index contributed by atoms with van der Waals surface area (Å²) in [5, 5.41) is 3.11. The normalized spacial score (nSPS) is 17.8. The van der Waals surface area contributed by atoms with Gasteiger partial charge in [0.05, 0.1) is 5.56 Å². The Kier molecular flexibility index (Phi) is 5.71. The average molecular weight is 421 g/mol. The Morgan fingerprint density at radius 3 is 2.48 bits per heavy atom. The summed E-state index contributed by atoms with van der Waals surface area (Å²) in [5.74, 6) is 2.39. The second kappa shape index (κ2) is 8.93. The Hall–Kier alpha value is -3.13. The molecule has 0 aromatic carbocycles. The molecule has 0 atom stereocenters. The van der Waals surface area contributed by atoms with Crippen LogP contribution in [0.25, 0.3) is 5.52 Å². The number of nitrogens with zero attached hydrogens (tertiary/aromatic N) is 5. The van der Waals surface area contributed by atoms with Gasteiger partial charge in [0.25, 0.3) is 5.91 Å². The topological polar surface area (TPSA) is 75.0 Å². The molecule has 0 unspecified atom stereocenters. The van der Waals surface area contributed by atoms with E-state index >= 15 is 0 Å². The number of aromatic nitrogens is 3. The minimum atomic E-state index is -0.0147. The van der Waals surface area contributed by atoms with Crippen LogP contribution in [0.1, 0.15) is 23.2 Å². The SMILES string of the molecule is O=C(NCC1CCOCC1)c1ccc2ccc(N3CCN(c4ncccn4)CC3)n2c1. The zero-order valence-corrected chi connectivity index (χ0v) is 17.6. The lowest BCUT2D eigenvalue weighted by molar-refractivity contribution is 0.0642. The lowest BCUT2D eigenvalue weighted by Crippen LogP contribution is -2.47. The van der Waals surface area contributed by atoms with Gasteiger partial charge in [0.15, 0.2) is 0 Å². The quantitative estimate of drug-likeness (QED) is 0.682. The van der Waals surface area contributed by atoms with E-state index in [-0.39, 0.29) is 5.91 Å². The van der Waals surface area contributed by atoms with Crippen LogP contribution in [0.5, 0.6) is 0 Å². The zero-order valence-electron chi connectivity index (χ0n) is 17.6. The maximum absolute atomic E-state index is 12.8. The minimum Gasteiger partial charge on any atom is -0.381 e. The standard InChI is InChI=1S/C23H28N6O2/c30-22(26-16-18-6-14-31-15-7-18)19-2-3-20-4-5-21(29(20)17-19)27-10-12-28(13-11-27)23-24-8-1-9-25-23/h1-5,8-9,17-18H,6-7,10-16H2,(H,26,30). The molecule has 3 aromatic rings. The number of fused-ring (bicyclic) bond motifs is 1. The molecule has 0 bridgehead atoms. The molecule has 5 heterocycles. The number of piperazine rings is 1. The number of carbonyl (C=O) groups excluding carboxylic acids is 1. The fourth-order valence-electron chi connectivity index (χ4n) is 4.36. The van der Waals surface area contributed by atoms with Crippen molar-refractivity contribution in [3.8, 4) is 0 Å². The molecule has 1 N–H and O–H groups in total. The molecule has 2 aliphatic heterocycles. The Balaban J connectivity index is 1.26. The van der Waals surface area contributed by atoms with Crippen LogP contribution in [0.2, 0.25) is 0 Å². The molecule has 2 aliphatic rings. The predicted molar refractivity (Wildman–Crippen MR) is 120 cm³/mol. The van der Waals surface area contributed by atoms with E-state index in [1.165, 1.54) is 0 Å². The number of pyridine rings is 1. The summed E-state index contributed by atoms with van der Waals surface area (Å²) in [6.45, 7) is 5.79. The van der Waals surface area contributed by atoms with Crippen molar-refractivity contribution in [2.75, 3.05) is 55.7 Å². The minimum absolute atomic E-state index is 0.0147. The van der Waals surface area contributed by atoms with Gasteiger partial charge in [0.1, 0.15) is 5.82 Å². The fraction of sp³-hybridized carbons (Fsp3) is 0.435. The van der Waals surface area contributed by atoms with Crippen molar-refractivity contribution in [1.29, 1.82) is 0 Å². The first-order valence-electron chi connectivity index (χ1n) is 11.0. The second-order valence-electron chi connectivity index (χ2n) is 8.19. The van der Waals surface area contributed by atoms with Crippen LogP contribution in [0.4, 0.5) is 11.8 Å². The maximum Gasteiger partial charge on any atom is 0.252 e. The molecule has 3 aromatic heterocycles. The smallest absolute Gasteiger partial charge is 0.252 e. The Morgan fingerprint density at radius 2 is 1.71 bits per heavy atom. The third-order valence-electron chi connectivity index (χ3n) is 6.22. The van der Waals surface area contributed by atoms with Gasteiger partial charge >= 0.3 is 0 Å². The highest BCUT2D eigenvalue weighted by Crippen LogP contribution is 2.23. The van der Waals surface area contributed by atoms with Crippen molar-refractivity contribution in [2.24, 2.45) is 5.92 Å². The predicted octanol–water partition coefficient (Wildman–Crippen LogP) is 2.21. The first kappa shape index (κ1) is 19.8. The van der Waals surface area contributed by atoms with Gasteiger partial charge in [-0.1, -0.05) is 0 Å². The van der Waals surface area contributed by atoms with E-state index in [1.54, 1.807) is 12.4 Å². The first-order chi connectivity index (χ1) is 15.3. The number of hydrogen-bond acceptors (Lipinski definition) is 6. The molecule has 1 amide bonds. The van der Waals surface area contributed by atoms with E-state index < -0.39 is 0 Å². The van der Waals surface area contributed by atoms with Crippen LogP contribution in [0.3, 0.4) is 0 Å². The number of amides is 1. The van der Waals surface area contributed by atoms with E-state index in [9.17, 15) is 4.79 Å². The molecular formula is C23H28N6O2. The highest BCUT2D eigenvalue weighted by molar-refractivity contribution is 5.94. The molecule has 5 rings (SSSR count). The van der Waals surface area contributed by atoms with Crippen molar-refractivity contribution in [1.82, 2.24) is 19.7 Å². The van der Waals surface area contributed by atoms with Crippen LogP contribution in [-0.2, 0) is 4.74 Å². The van der Waals surface area contributed by atoms with Crippen molar-refractivity contribution in [2.45, 2.75) is 12.8 Å². The largest absolute Gasteiger partial charge is 0.381 e. The molecule has 0 saturated carbocycles. The summed E-state index contributed by atoms with van der Waals surface area (Å²) in [6, 6.07) is 9.99. The molecule has 0 spiro atoms. The van der Waals surface area contributed by atoms with E-state index in [1.807, 2.05) is 24.4 Å². The van der Waals surface area contributed by atoms with Crippen molar-refractivity contribution in [3.05, 3.63) is 54.5 Å². The van der Waals surface area contributed by atoms with E-state index in [2.05, 4.69) is 41.6 Å². The molecular weight excluding hydrogens is 392 g/mol. The molecule has 0 aliphatic carbocycles. The van der Waals surface area contributed by atoms with Gasteiger partial charge in [-0.3, -0.25) is 4.79 Å². The molecule has 162 valence electrons. The highest BCUT2D eigenvalue weighted by Gasteiger charge is 2.21. The van der Waals surface area contributed by atoms with Crippen LogP contribution in [0, 0.1) is 5.92 Å². The highest BCUT2D eigenvalue weighted by atomic mass is 16.5. The molecule has 2 saturated heterocycles. The molecule has 0 radical (unpaired) electrons. The van der Waals surface area contributed by atoms with Crippen molar-refractivity contribution >= 4 is 23.2 Å². The van der Waals surface area contributed by atoms with Crippen LogP contribution in [-0.4, -0.2) is 66.2 Å². The lowest BCUT2D eigenvalue weighted by atomic mass is 10.0. The Labute approximate surface area is 181 Å². The van der Waals surface area contributed by atoms with Crippen LogP contribution >= 0.6 is 0 Å². The number of hydrogen-bond donors (Lipinski definition) is 1. The van der Waals surface area contributed by atoms with Crippen LogP contribution in [0.15, 0.2) is 48.9 Å². The number of anilines is 2. The van der Waals surface area contributed by atoms with E-state index in [0.29, 0.717) is 18.0 Å². The van der Waals surface area contributed by atoms with Crippen molar-refractivity contribution in [3.63, 3.8) is 0 Å². The molecule has 2 fully saturated rings. The third-order valence-corrected chi connectivity index (χ3v) is 6.22. The fourth-order valence-corrected chi connectivity index (χ4v) is 4.36. The van der Waals surface area contributed by atoms with E-state index in [0.717, 1.165) is 69.5 Å². The summed E-state index contributed by atoms with van der Waals surface area (Å²) in [4.78, 5) is 26.0. The van der Waals surface area contributed by atoms with E-state index in [4.69, 9.17) is 4.74 Å². The third kappa shape index (κ3) is 4.34. The van der Waals surface area contributed by atoms with Gasteiger partial charge < -0.3 is 24.3 Å².